The second-order valence-electron chi connectivity index (χ2n) is 2.66. The molecular formula is C12H20N2O2. The molecule has 1 rings (SSSR count). The van der Waals surface area contributed by atoms with E-state index in [1.807, 2.05) is 44.2 Å². The van der Waals surface area contributed by atoms with Crippen molar-refractivity contribution in [1.29, 1.82) is 0 Å². The predicted molar refractivity (Wildman–Crippen MR) is 67.0 cm³/mol. The number of amides is 2. The average Bonchev–Trinajstić information content (AvgIpc) is 2.20. The molecule has 16 heavy (non-hydrogen) atoms. The van der Waals surface area contributed by atoms with E-state index in [4.69, 9.17) is 0 Å². The summed E-state index contributed by atoms with van der Waals surface area (Å²) in [6.07, 6.45) is 0. The number of nitrogens with two attached hydrogens (primary N) is 1. The molecule has 0 saturated carbocycles. The van der Waals surface area contributed by atoms with Crippen molar-refractivity contribution in [3.63, 3.8) is 0 Å². The summed E-state index contributed by atoms with van der Waals surface area (Å²) in [7, 11) is 0. The van der Waals surface area contributed by atoms with E-state index >= 15 is 0 Å². The van der Waals surface area contributed by atoms with Gasteiger partial charge in [-0.25, -0.2) is 0 Å². The third-order valence-corrected chi connectivity index (χ3v) is 1.09. The number of carbonyl (C=O) groups excluding carboxylic acids is 2. The van der Waals surface area contributed by atoms with E-state index in [0.29, 0.717) is 0 Å². The molecule has 0 unspecified atom stereocenters. The summed E-state index contributed by atoms with van der Waals surface area (Å²) in [6, 6.07) is 9.37. The van der Waals surface area contributed by atoms with Gasteiger partial charge in [0.05, 0.1) is 0 Å². The van der Waals surface area contributed by atoms with Crippen molar-refractivity contribution < 1.29 is 9.59 Å². The molecule has 0 fully saturated rings. The Morgan fingerprint density at radius 3 is 1.75 bits per heavy atom. The van der Waals surface area contributed by atoms with Gasteiger partial charge in [0.1, 0.15) is 0 Å². The maximum atomic E-state index is 10.5. The van der Waals surface area contributed by atoms with Crippen molar-refractivity contribution in [1.82, 2.24) is 0 Å². The van der Waals surface area contributed by atoms with Crippen LogP contribution in [0.1, 0.15) is 27.7 Å². The van der Waals surface area contributed by atoms with Gasteiger partial charge in [0, 0.05) is 19.5 Å². The molecule has 0 saturated heterocycles. The molecular weight excluding hydrogens is 204 g/mol. The van der Waals surface area contributed by atoms with Crippen LogP contribution in [0.3, 0.4) is 0 Å². The molecule has 0 aliphatic heterocycles. The van der Waals surface area contributed by atoms with E-state index in [-0.39, 0.29) is 11.8 Å². The van der Waals surface area contributed by atoms with Crippen LogP contribution in [-0.2, 0) is 9.59 Å². The molecule has 0 atom stereocenters. The van der Waals surface area contributed by atoms with Crippen molar-refractivity contribution in [2.75, 3.05) is 5.32 Å². The van der Waals surface area contributed by atoms with Crippen molar-refractivity contribution in [2.45, 2.75) is 27.7 Å². The van der Waals surface area contributed by atoms with Gasteiger partial charge in [-0.1, -0.05) is 32.0 Å². The number of rotatable bonds is 1. The Hall–Kier alpha value is -1.84. The number of hydrogen-bond acceptors (Lipinski definition) is 2. The lowest BCUT2D eigenvalue weighted by Gasteiger charge is -1.98. The smallest absolute Gasteiger partial charge is 0.221 e. The number of benzene rings is 1. The van der Waals surface area contributed by atoms with Gasteiger partial charge in [0.25, 0.3) is 0 Å². The van der Waals surface area contributed by atoms with Crippen LogP contribution in [0.25, 0.3) is 0 Å². The maximum absolute atomic E-state index is 10.5. The second-order valence-corrected chi connectivity index (χ2v) is 2.66. The zero-order valence-electron chi connectivity index (χ0n) is 10.3. The number of anilines is 1. The topological polar surface area (TPSA) is 72.2 Å². The molecule has 0 bridgehead atoms. The van der Waals surface area contributed by atoms with Crippen molar-refractivity contribution in [3.05, 3.63) is 30.3 Å². The van der Waals surface area contributed by atoms with Gasteiger partial charge in [-0.2, -0.15) is 0 Å². The maximum Gasteiger partial charge on any atom is 0.221 e. The number of carbonyl (C=O) groups is 2. The SMILES string of the molecule is CC.CC(=O)Nc1ccccc1.CC(N)=O. The summed E-state index contributed by atoms with van der Waals surface area (Å²) in [5, 5.41) is 2.67. The summed E-state index contributed by atoms with van der Waals surface area (Å²) in [4.78, 5) is 19.7. The molecule has 0 aromatic heterocycles. The molecule has 0 heterocycles. The van der Waals surface area contributed by atoms with Crippen LogP contribution < -0.4 is 11.1 Å². The van der Waals surface area contributed by atoms with Crippen molar-refractivity contribution in [2.24, 2.45) is 5.73 Å². The first-order valence-electron chi connectivity index (χ1n) is 5.11. The second kappa shape index (κ2) is 11.2. The van der Waals surface area contributed by atoms with Crippen molar-refractivity contribution >= 4 is 17.5 Å². The molecule has 0 aliphatic carbocycles. The molecule has 4 heteroatoms. The molecule has 0 radical (unpaired) electrons. The third kappa shape index (κ3) is 14.7. The Morgan fingerprint density at radius 2 is 1.44 bits per heavy atom. The number of hydrogen-bond donors (Lipinski definition) is 2. The Balaban J connectivity index is 0. The predicted octanol–water partition coefficient (Wildman–Crippen LogP) is 2.16. The largest absolute Gasteiger partial charge is 0.370 e. The highest BCUT2D eigenvalue weighted by Crippen LogP contribution is 2.03. The Bertz CT molecular complexity index is 293. The summed E-state index contributed by atoms with van der Waals surface area (Å²) in [5.74, 6) is -0.369. The monoisotopic (exact) mass is 224 g/mol. The fourth-order valence-electron chi connectivity index (χ4n) is 0.725. The van der Waals surface area contributed by atoms with E-state index in [0.717, 1.165) is 5.69 Å². The van der Waals surface area contributed by atoms with Crippen LogP contribution >= 0.6 is 0 Å². The first-order valence-corrected chi connectivity index (χ1v) is 5.11. The fourth-order valence-corrected chi connectivity index (χ4v) is 0.725. The van der Waals surface area contributed by atoms with Gasteiger partial charge in [-0.3, -0.25) is 9.59 Å². The molecule has 2 amide bonds. The molecule has 0 aliphatic rings. The van der Waals surface area contributed by atoms with Gasteiger partial charge in [0.15, 0.2) is 0 Å². The van der Waals surface area contributed by atoms with Gasteiger partial charge >= 0.3 is 0 Å². The molecule has 1 aromatic rings. The lowest BCUT2D eigenvalue weighted by Crippen LogP contribution is -2.04. The van der Waals surface area contributed by atoms with E-state index in [9.17, 15) is 9.59 Å². The highest BCUT2D eigenvalue weighted by Gasteiger charge is 1.90. The molecule has 4 nitrogen and oxygen atoms in total. The Labute approximate surface area is 96.8 Å². The van der Waals surface area contributed by atoms with Crippen molar-refractivity contribution in [3.8, 4) is 0 Å². The summed E-state index contributed by atoms with van der Waals surface area (Å²) < 4.78 is 0. The van der Waals surface area contributed by atoms with Gasteiger partial charge < -0.3 is 11.1 Å². The fraction of sp³-hybridized carbons (Fsp3) is 0.333. The van der Waals surface area contributed by atoms with Crippen LogP contribution in [0.4, 0.5) is 5.69 Å². The van der Waals surface area contributed by atoms with Crippen LogP contribution in [0, 0.1) is 0 Å². The zero-order chi connectivity index (χ0) is 13.0. The minimum absolute atomic E-state index is 0.0359. The average molecular weight is 224 g/mol. The van der Waals surface area contributed by atoms with Crippen LogP contribution in [-0.4, -0.2) is 11.8 Å². The quantitative estimate of drug-likeness (QED) is 0.767. The standard InChI is InChI=1S/C8H9NO.C2H5NO.C2H6/c1-7(10)9-8-5-3-2-4-6-8;1-2(3)4;1-2/h2-6H,1H3,(H,9,10);1H3,(H2,3,4);1-2H3. The van der Waals surface area contributed by atoms with Crippen LogP contribution in [0.2, 0.25) is 0 Å². The lowest BCUT2D eigenvalue weighted by atomic mass is 10.3. The number of nitrogens with one attached hydrogen (secondary N) is 1. The van der Waals surface area contributed by atoms with Gasteiger partial charge in [-0.05, 0) is 12.1 Å². The summed E-state index contributed by atoms with van der Waals surface area (Å²) in [6.45, 7) is 6.80. The van der Waals surface area contributed by atoms with E-state index in [1.165, 1.54) is 13.8 Å². The van der Waals surface area contributed by atoms with E-state index < -0.39 is 0 Å². The first-order chi connectivity index (χ1) is 7.52. The third-order valence-electron chi connectivity index (χ3n) is 1.09. The van der Waals surface area contributed by atoms with Gasteiger partial charge in [0.2, 0.25) is 11.8 Å². The van der Waals surface area contributed by atoms with E-state index in [1.54, 1.807) is 0 Å². The van der Waals surface area contributed by atoms with E-state index in [2.05, 4.69) is 11.1 Å². The lowest BCUT2D eigenvalue weighted by molar-refractivity contribution is -0.116. The molecule has 1 aromatic carbocycles. The summed E-state index contributed by atoms with van der Waals surface area (Å²) in [5.41, 5.74) is 5.31. The highest BCUT2D eigenvalue weighted by molar-refractivity contribution is 5.88. The first kappa shape index (κ1) is 16.6. The number of para-hydroxylation sites is 1. The van der Waals surface area contributed by atoms with Crippen LogP contribution in [0.5, 0.6) is 0 Å². The Morgan fingerprint density at radius 1 is 1.06 bits per heavy atom. The number of primary amides is 1. The molecule has 3 N–H and O–H groups in total. The zero-order valence-corrected chi connectivity index (χ0v) is 10.3. The van der Waals surface area contributed by atoms with Crippen LogP contribution in [0.15, 0.2) is 30.3 Å². The summed E-state index contributed by atoms with van der Waals surface area (Å²) >= 11 is 0. The minimum Gasteiger partial charge on any atom is -0.370 e. The highest BCUT2D eigenvalue weighted by atomic mass is 16.1. The Kier molecular flexibility index (Phi) is 11.6. The molecule has 90 valence electrons. The molecule has 0 spiro atoms. The minimum atomic E-state index is -0.333. The normalized spacial score (nSPS) is 7.50. The van der Waals surface area contributed by atoms with Gasteiger partial charge in [-0.15, -0.1) is 0 Å².